The summed E-state index contributed by atoms with van der Waals surface area (Å²) in [6, 6.07) is 4.50. The van der Waals surface area contributed by atoms with Crippen molar-refractivity contribution in [3.05, 3.63) is 33.0 Å². The molecule has 4 heterocycles. The van der Waals surface area contributed by atoms with Gasteiger partial charge >= 0.3 is 0 Å². The third kappa shape index (κ3) is 10.1. The summed E-state index contributed by atoms with van der Waals surface area (Å²) in [6.45, 7) is 17.3. The summed E-state index contributed by atoms with van der Waals surface area (Å²) in [5, 5.41) is 2.19. The van der Waals surface area contributed by atoms with Crippen LogP contribution < -0.4 is 9.47 Å². The fourth-order valence-corrected chi connectivity index (χ4v) is 11.4. The first-order valence-electron chi connectivity index (χ1n) is 21.5. The van der Waals surface area contributed by atoms with E-state index in [0.717, 1.165) is 78.4 Å². The first-order chi connectivity index (χ1) is 26.3. The second-order valence-corrected chi connectivity index (χ2v) is 19.3. The van der Waals surface area contributed by atoms with Gasteiger partial charge in [0.1, 0.15) is 11.5 Å². The monoisotopic (exact) mass is 793 g/mol. The molecular weight excluding hydrogens is 727 g/mol. The fourth-order valence-electron chi connectivity index (χ4n) is 7.92. The Labute approximate surface area is 338 Å². The number of aryl methyl sites for hydroxylation is 2. The summed E-state index contributed by atoms with van der Waals surface area (Å²) in [5.41, 5.74) is 1.21. The molecule has 0 saturated heterocycles. The molecule has 298 valence electrons. The smallest absolute Gasteiger partial charge is 0.263 e. The summed E-state index contributed by atoms with van der Waals surface area (Å²) in [4.78, 5) is 33.5. The molecule has 0 bridgehead atoms. The van der Waals surface area contributed by atoms with Crippen molar-refractivity contribution >= 4 is 66.0 Å². The van der Waals surface area contributed by atoms with Crippen LogP contribution in [0.1, 0.15) is 181 Å². The van der Waals surface area contributed by atoms with Crippen molar-refractivity contribution in [2.24, 2.45) is 11.8 Å². The van der Waals surface area contributed by atoms with E-state index in [1.807, 2.05) is 6.92 Å². The third-order valence-corrected chi connectivity index (χ3v) is 14.9. The molecule has 2 atom stereocenters. The second kappa shape index (κ2) is 21.2. The summed E-state index contributed by atoms with van der Waals surface area (Å²) >= 11 is 5.06. The number of ether oxygens (including phenoxy) is 2. The predicted octanol–water partition coefficient (Wildman–Crippen LogP) is 15.2. The summed E-state index contributed by atoms with van der Waals surface area (Å²) in [7, 11) is 0. The molecule has 1 aromatic carbocycles. The van der Waals surface area contributed by atoms with Crippen molar-refractivity contribution in [1.29, 1.82) is 0 Å². The molecule has 5 rings (SSSR count). The van der Waals surface area contributed by atoms with Crippen LogP contribution in [-0.2, 0) is 0 Å². The molecular formula is C46H67NO4S3. The lowest BCUT2D eigenvalue weighted by molar-refractivity contribution is 0.0651. The molecule has 2 amide bonds. The maximum atomic E-state index is 14.1. The van der Waals surface area contributed by atoms with E-state index in [1.165, 1.54) is 93.2 Å². The number of fused-ring (bicyclic) bond motifs is 3. The van der Waals surface area contributed by atoms with Gasteiger partial charge in [0.15, 0.2) is 0 Å². The van der Waals surface area contributed by atoms with Crippen LogP contribution in [-0.4, -0.2) is 36.5 Å². The number of unbranched alkanes of at least 4 members (excludes halogenated alkanes) is 11. The molecule has 1 aliphatic heterocycles. The van der Waals surface area contributed by atoms with Gasteiger partial charge in [-0.25, -0.2) is 0 Å². The number of imide groups is 1. The SMILES string of the molecule is CCCCCCCCCCCCN1C(=O)c2c(C)sc(-c3cc4c(OCC(CC)CCCC)c5sc(C)cc5c(OCC(CC)CCCC)c4s3)c2C1=O. The highest BCUT2D eigenvalue weighted by molar-refractivity contribution is 7.27. The third-order valence-electron chi connectivity index (χ3n) is 11.5. The number of nitrogens with zero attached hydrogens (tertiary/aromatic N) is 1. The zero-order valence-electron chi connectivity index (χ0n) is 34.5. The van der Waals surface area contributed by atoms with Crippen LogP contribution in [0.3, 0.4) is 0 Å². The van der Waals surface area contributed by atoms with E-state index in [2.05, 4.69) is 53.7 Å². The zero-order valence-corrected chi connectivity index (χ0v) is 36.9. The number of rotatable bonds is 26. The molecule has 0 fully saturated rings. The molecule has 54 heavy (non-hydrogen) atoms. The Morgan fingerprint density at radius 2 is 1.09 bits per heavy atom. The average molecular weight is 794 g/mol. The largest absolute Gasteiger partial charge is 0.491 e. The minimum Gasteiger partial charge on any atom is -0.491 e. The first kappa shape index (κ1) is 42.7. The van der Waals surface area contributed by atoms with Gasteiger partial charge in [0.05, 0.1) is 38.6 Å². The van der Waals surface area contributed by atoms with Crippen molar-refractivity contribution in [2.45, 2.75) is 164 Å². The van der Waals surface area contributed by atoms with E-state index in [-0.39, 0.29) is 11.8 Å². The fraction of sp³-hybridized carbons (Fsp3) is 0.652. The molecule has 1 aliphatic rings. The normalized spacial score (nSPS) is 14.2. The maximum Gasteiger partial charge on any atom is 0.263 e. The van der Waals surface area contributed by atoms with E-state index in [4.69, 9.17) is 9.47 Å². The number of carbonyl (C=O) groups excluding carboxylic acids is 2. The molecule has 0 aliphatic carbocycles. The molecule has 4 aromatic rings. The molecule has 8 heteroatoms. The van der Waals surface area contributed by atoms with Crippen LogP contribution in [0.4, 0.5) is 0 Å². The van der Waals surface area contributed by atoms with Gasteiger partial charge in [-0.1, -0.05) is 131 Å². The van der Waals surface area contributed by atoms with Gasteiger partial charge in [-0.3, -0.25) is 14.5 Å². The number of thiophene rings is 3. The Bertz CT molecular complexity index is 1740. The van der Waals surface area contributed by atoms with Crippen LogP contribution in [0.2, 0.25) is 0 Å². The number of hydrogen-bond acceptors (Lipinski definition) is 7. The van der Waals surface area contributed by atoms with Gasteiger partial charge in [-0.05, 0) is 57.1 Å². The van der Waals surface area contributed by atoms with E-state index in [9.17, 15) is 9.59 Å². The minimum atomic E-state index is -0.129. The number of amides is 2. The number of carbonyl (C=O) groups is 2. The van der Waals surface area contributed by atoms with Crippen molar-refractivity contribution in [3.63, 3.8) is 0 Å². The van der Waals surface area contributed by atoms with Gasteiger partial charge in [-0.15, -0.1) is 34.0 Å². The van der Waals surface area contributed by atoms with E-state index in [1.54, 1.807) is 34.0 Å². The topological polar surface area (TPSA) is 55.8 Å². The highest BCUT2D eigenvalue weighted by atomic mass is 32.1. The van der Waals surface area contributed by atoms with Gasteiger partial charge in [0.2, 0.25) is 0 Å². The van der Waals surface area contributed by atoms with Crippen LogP contribution in [0.15, 0.2) is 12.1 Å². The molecule has 0 N–H and O–H groups in total. The van der Waals surface area contributed by atoms with Gasteiger partial charge in [0.25, 0.3) is 11.8 Å². The standard InChI is InChI=1S/C46H67NO4S3/c1-8-13-16-17-18-19-20-21-22-23-26-47-45(48)38-32(7)53-44(39(38)46(47)49)37-28-36-41(51-30-34(12-5)25-15-10-3)42-35(27-31(6)52-42)40(43(36)54-37)50-29-33(11-4)24-14-9-2/h27-28,33-34H,8-26,29-30H2,1-7H3. The van der Waals surface area contributed by atoms with Crippen molar-refractivity contribution in [3.8, 4) is 21.3 Å². The van der Waals surface area contributed by atoms with Crippen LogP contribution in [0.25, 0.3) is 29.9 Å². The van der Waals surface area contributed by atoms with Crippen LogP contribution >= 0.6 is 34.0 Å². The highest BCUT2D eigenvalue weighted by Crippen LogP contribution is 2.53. The van der Waals surface area contributed by atoms with E-state index >= 15 is 0 Å². The molecule has 2 unspecified atom stereocenters. The Morgan fingerprint density at radius 3 is 1.65 bits per heavy atom. The van der Waals surface area contributed by atoms with E-state index in [0.29, 0.717) is 42.7 Å². The number of benzene rings is 1. The van der Waals surface area contributed by atoms with E-state index < -0.39 is 0 Å². The Morgan fingerprint density at radius 1 is 0.593 bits per heavy atom. The quantitative estimate of drug-likeness (QED) is 0.0469. The summed E-state index contributed by atoms with van der Waals surface area (Å²) in [5.74, 6) is 2.64. The lowest BCUT2D eigenvalue weighted by atomic mass is 10.0. The predicted molar refractivity (Wildman–Crippen MR) is 235 cm³/mol. The lowest BCUT2D eigenvalue weighted by Crippen LogP contribution is -2.31. The van der Waals surface area contributed by atoms with Crippen molar-refractivity contribution in [1.82, 2.24) is 4.90 Å². The van der Waals surface area contributed by atoms with Crippen molar-refractivity contribution < 1.29 is 19.1 Å². The lowest BCUT2D eigenvalue weighted by Gasteiger charge is -2.19. The van der Waals surface area contributed by atoms with Crippen LogP contribution in [0.5, 0.6) is 11.5 Å². The molecule has 0 radical (unpaired) electrons. The summed E-state index contributed by atoms with van der Waals surface area (Å²) < 4.78 is 16.0. The Hall–Kier alpha value is -2.42. The summed E-state index contributed by atoms with van der Waals surface area (Å²) in [6.07, 6.45) is 21.6. The van der Waals surface area contributed by atoms with Crippen molar-refractivity contribution in [2.75, 3.05) is 19.8 Å². The number of hydrogen-bond donors (Lipinski definition) is 0. The van der Waals surface area contributed by atoms with Gasteiger partial charge < -0.3 is 9.47 Å². The first-order valence-corrected chi connectivity index (χ1v) is 24.0. The van der Waals surface area contributed by atoms with Gasteiger partial charge in [-0.2, -0.15) is 0 Å². The molecule has 3 aromatic heterocycles. The molecule has 0 spiro atoms. The minimum absolute atomic E-state index is 0.119. The highest BCUT2D eigenvalue weighted by Gasteiger charge is 2.41. The Balaban J connectivity index is 1.44. The Kier molecular flexibility index (Phi) is 16.8. The average Bonchev–Trinajstić information content (AvgIpc) is 3.92. The second-order valence-electron chi connectivity index (χ2n) is 15.7. The molecule has 0 saturated carbocycles. The maximum absolute atomic E-state index is 14.1. The van der Waals surface area contributed by atoms with Gasteiger partial charge in [0, 0.05) is 31.9 Å². The zero-order chi connectivity index (χ0) is 38.6. The molecule has 5 nitrogen and oxygen atoms in total. The van der Waals surface area contributed by atoms with Crippen LogP contribution in [0, 0.1) is 25.7 Å².